The summed E-state index contributed by atoms with van der Waals surface area (Å²) in [6.07, 6.45) is 5.12. The fraction of sp³-hybridized carbons (Fsp3) is 0.750. The average molecular weight is 304 g/mol. The van der Waals surface area contributed by atoms with Gasteiger partial charge in [-0.3, -0.25) is 5.10 Å². The summed E-state index contributed by atoms with van der Waals surface area (Å²) in [5.41, 5.74) is 3.27. The van der Waals surface area contributed by atoms with E-state index in [1.807, 2.05) is 13.8 Å². The van der Waals surface area contributed by atoms with E-state index in [0.29, 0.717) is 24.6 Å². The zero-order valence-electron chi connectivity index (χ0n) is 13.2. The minimum atomic E-state index is -0.0679. The van der Waals surface area contributed by atoms with Crippen molar-refractivity contribution in [2.24, 2.45) is 11.3 Å². The summed E-state index contributed by atoms with van der Waals surface area (Å²) in [7, 11) is 0. The van der Waals surface area contributed by atoms with Crippen LogP contribution in [-0.4, -0.2) is 35.0 Å². The molecule has 6 nitrogen and oxygen atoms in total. The first-order valence-electron chi connectivity index (χ1n) is 8.28. The van der Waals surface area contributed by atoms with Crippen molar-refractivity contribution in [2.75, 3.05) is 6.61 Å². The van der Waals surface area contributed by atoms with Crippen molar-refractivity contribution in [3.8, 4) is 0 Å². The van der Waals surface area contributed by atoms with Crippen LogP contribution in [0.4, 0.5) is 4.79 Å². The van der Waals surface area contributed by atoms with Crippen molar-refractivity contribution in [1.29, 1.82) is 0 Å². The van der Waals surface area contributed by atoms with Crippen LogP contribution in [0.25, 0.3) is 0 Å². The Labute approximate surface area is 130 Å². The molecule has 0 unspecified atom stereocenters. The Hall–Kier alpha value is -1.56. The third kappa shape index (κ3) is 1.89. The largest absolute Gasteiger partial charge is 0.377 e. The minimum absolute atomic E-state index is 0.0679. The molecule has 6 heteroatoms. The van der Waals surface area contributed by atoms with Crippen molar-refractivity contribution in [1.82, 2.24) is 20.8 Å². The molecular formula is C16H24N4O2. The van der Waals surface area contributed by atoms with E-state index in [4.69, 9.17) is 4.74 Å². The molecule has 1 aromatic heterocycles. The maximum atomic E-state index is 12.3. The van der Waals surface area contributed by atoms with Gasteiger partial charge in [0.2, 0.25) is 0 Å². The summed E-state index contributed by atoms with van der Waals surface area (Å²) in [6.45, 7) is 5.30. The summed E-state index contributed by atoms with van der Waals surface area (Å²) in [5, 5.41) is 13.3. The lowest BCUT2D eigenvalue weighted by Crippen LogP contribution is -2.72. The molecule has 1 aliphatic heterocycles. The van der Waals surface area contributed by atoms with E-state index in [-0.39, 0.29) is 11.4 Å². The van der Waals surface area contributed by atoms with Crippen LogP contribution in [0.2, 0.25) is 0 Å². The summed E-state index contributed by atoms with van der Waals surface area (Å²) >= 11 is 0. The van der Waals surface area contributed by atoms with E-state index in [1.165, 1.54) is 19.3 Å². The van der Waals surface area contributed by atoms with Crippen molar-refractivity contribution >= 4 is 6.03 Å². The first-order valence-corrected chi connectivity index (χ1v) is 8.28. The molecule has 2 saturated carbocycles. The normalized spacial score (nSPS) is 31.3. The average Bonchev–Trinajstić information content (AvgIpc) is 2.99. The van der Waals surface area contributed by atoms with Crippen molar-refractivity contribution in [3.05, 3.63) is 17.0 Å². The lowest BCUT2D eigenvalue weighted by Gasteiger charge is -2.63. The number of aromatic amines is 1. The molecule has 0 radical (unpaired) electrons. The Morgan fingerprint density at radius 1 is 1.45 bits per heavy atom. The molecule has 3 atom stereocenters. The predicted octanol–water partition coefficient (Wildman–Crippen LogP) is 1.78. The molecule has 2 aliphatic carbocycles. The second kappa shape index (κ2) is 4.98. The summed E-state index contributed by atoms with van der Waals surface area (Å²) < 4.78 is 5.89. The van der Waals surface area contributed by atoms with E-state index >= 15 is 0 Å². The highest BCUT2D eigenvalue weighted by molar-refractivity contribution is 5.74. The minimum Gasteiger partial charge on any atom is -0.377 e. The van der Waals surface area contributed by atoms with Crippen LogP contribution in [0, 0.1) is 25.2 Å². The number of amides is 2. The molecular weight excluding hydrogens is 280 g/mol. The number of urea groups is 1. The van der Waals surface area contributed by atoms with Crippen LogP contribution in [-0.2, 0) is 11.3 Å². The molecule has 3 aliphatic rings. The van der Waals surface area contributed by atoms with Gasteiger partial charge < -0.3 is 15.4 Å². The summed E-state index contributed by atoms with van der Waals surface area (Å²) in [4.78, 5) is 12.3. The van der Waals surface area contributed by atoms with Gasteiger partial charge in [-0.05, 0) is 33.1 Å². The van der Waals surface area contributed by atoms with Gasteiger partial charge in [-0.2, -0.15) is 5.10 Å². The molecule has 120 valence electrons. The molecule has 4 rings (SSSR count). The number of hydrogen-bond donors (Lipinski definition) is 3. The van der Waals surface area contributed by atoms with Crippen molar-refractivity contribution in [2.45, 2.75) is 58.2 Å². The van der Waals surface area contributed by atoms with E-state index in [0.717, 1.165) is 30.0 Å². The van der Waals surface area contributed by atoms with Gasteiger partial charge in [-0.15, -0.1) is 0 Å². The molecule has 1 spiro atoms. The summed E-state index contributed by atoms with van der Waals surface area (Å²) in [5.74, 6) is 0.517. The van der Waals surface area contributed by atoms with Crippen LogP contribution in [0.3, 0.4) is 0 Å². The maximum absolute atomic E-state index is 12.3. The molecule has 3 fully saturated rings. The van der Waals surface area contributed by atoms with Gasteiger partial charge in [0.25, 0.3) is 0 Å². The van der Waals surface area contributed by atoms with Crippen LogP contribution < -0.4 is 10.6 Å². The molecule has 2 heterocycles. The van der Waals surface area contributed by atoms with Crippen LogP contribution in [0.15, 0.2) is 0 Å². The van der Waals surface area contributed by atoms with Gasteiger partial charge in [-0.25, -0.2) is 4.79 Å². The number of aromatic nitrogens is 2. The van der Waals surface area contributed by atoms with Crippen LogP contribution >= 0.6 is 0 Å². The number of nitrogens with zero attached hydrogens (tertiary/aromatic N) is 1. The molecule has 0 aromatic carbocycles. The molecule has 2 amide bonds. The number of carbonyl (C=O) groups is 1. The Balaban J connectivity index is 1.36. The number of nitrogens with one attached hydrogen (secondary N) is 3. The van der Waals surface area contributed by atoms with E-state index in [2.05, 4.69) is 20.8 Å². The first-order chi connectivity index (χ1) is 10.6. The SMILES string of the molecule is Cc1n[nH]c(C)c1CNC(=O)N[C@@H]1[C@@H]2CCO[C@@H]2C12CCC2. The molecule has 3 N–H and O–H groups in total. The fourth-order valence-corrected chi connectivity index (χ4v) is 4.65. The second-order valence-electron chi connectivity index (χ2n) is 7.05. The number of H-pyrrole nitrogens is 1. The van der Waals surface area contributed by atoms with E-state index in [9.17, 15) is 4.79 Å². The third-order valence-corrected chi connectivity index (χ3v) is 6.03. The standard InChI is InChI=1S/C16H24N4O2/c1-9-12(10(2)20-19-9)8-17-15(21)18-13-11-4-7-22-14(11)16(13)5-3-6-16/h11,13-14H,3-8H2,1-2H3,(H,19,20)(H2,17,18,21)/t11-,13+,14-/m0/s1. The first kappa shape index (κ1) is 14.1. The highest BCUT2D eigenvalue weighted by atomic mass is 16.5. The van der Waals surface area contributed by atoms with Gasteiger partial charge >= 0.3 is 6.03 Å². The zero-order valence-corrected chi connectivity index (χ0v) is 13.2. The van der Waals surface area contributed by atoms with Crippen LogP contribution in [0.5, 0.6) is 0 Å². The number of hydrogen-bond acceptors (Lipinski definition) is 3. The lowest BCUT2D eigenvalue weighted by molar-refractivity contribution is -0.172. The Morgan fingerprint density at radius 2 is 2.27 bits per heavy atom. The Bertz CT molecular complexity index is 573. The predicted molar refractivity (Wildman–Crippen MR) is 81.4 cm³/mol. The van der Waals surface area contributed by atoms with Gasteiger partial charge in [0.1, 0.15) is 0 Å². The number of carbonyl (C=O) groups excluding carboxylic acids is 1. The smallest absolute Gasteiger partial charge is 0.315 e. The third-order valence-electron chi connectivity index (χ3n) is 6.03. The number of aryl methyl sites for hydroxylation is 2. The molecule has 1 aromatic rings. The molecule has 1 saturated heterocycles. The van der Waals surface area contributed by atoms with E-state index < -0.39 is 0 Å². The summed E-state index contributed by atoms with van der Waals surface area (Å²) in [6, 6.07) is 0.224. The zero-order chi connectivity index (χ0) is 15.3. The fourth-order valence-electron chi connectivity index (χ4n) is 4.65. The van der Waals surface area contributed by atoms with E-state index in [1.54, 1.807) is 0 Å². The molecule has 22 heavy (non-hydrogen) atoms. The van der Waals surface area contributed by atoms with Crippen LogP contribution in [0.1, 0.15) is 42.6 Å². The van der Waals surface area contributed by atoms with Gasteiger partial charge in [0, 0.05) is 41.8 Å². The van der Waals surface area contributed by atoms with Crippen molar-refractivity contribution < 1.29 is 9.53 Å². The van der Waals surface area contributed by atoms with Gasteiger partial charge in [-0.1, -0.05) is 6.42 Å². The topological polar surface area (TPSA) is 79.0 Å². The maximum Gasteiger partial charge on any atom is 0.315 e. The highest BCUT2D eigenvalue weighted by Gasteiger charge is 2.66. The van der Waals surface area contributed by atoms with Crippen molar-refractivity contribution in [3.63, 3.8) is 0 Å². The van der Waals surface area contributed by atoms with Gasteiger partial charge in [0.05, 0.1) is 11.8 Å². The lowest BCUT2D eigenvalue weighted by atomic mass is 9.46. The number of fused-ring (bicyclic) bond motifs is 2. The number of ether oxygens (including phenoxy) is 1. The highest BCUT2D eigenvalue weighted by Crippen LogP contribution is 2.62. The number of rotatable bonds is 3. The van der Waals surface area contributed by atoms with Gasteiger partial charge in [0.15, 0.2) is 0 Å². The quantitative estimate of drug-likeness (QED) is 0.796. The monoisotopic (exact) mass is 304 g/mol. The Kier molecular flexibility index (Phi) is 3.18. The Morgan fingerprint density at radius 3 is 2.91 bits per heavy atom. The molecule has 0 bridgehead atoms. The second-order valence-corrected chi connectivity index (χ2v) is 7.05.